The summed E-state index contributed by atoms with van der Waals surface area (Å²) in [4.78, 5) is 0. The number of hydrogen-bond donors (Lipinski definition) is 1. The van der Waals surface area contributed by atoms with Gasteiger partial charge in [-0.1, -0.05) is 6.07 Å². The van der Waals surface area contributed by atoms with Crippen molar-refractivity contribution >= 4 is 0 Å². The molecular formula is C14H18FNO. The second-order valence-corrected chi connectivity index (χ2v) is 5.30. The van der Waals surface area contributed by atoms with Crippen molar-refractivity contribution < 1.29 is 9.13 Å². The van der Waals surface area contributed by atoms with E-state index in [4.69, 9.17) is 10.5 Å². The third kappa shape index (κ3) is 2.04. The van der Waals surface area contributed by atoms with Crippen molar-refractivity contribution in [1.82, 2.24) is 0 Å². The average molecular weight is 235 g/mol. The Kier molecular flexibility index (Phi) is 2.79. The summed E-state index contributed by atoms with van der Waals surface area (Å²) in [6.45, 7) is 0.366. The maximum atomic E-state index is 13.8. The van der Waals surface area contributed by atoms with Gasteiger partial charge in [0.25, 0.3) is 0 Å². The molecule has 17 heavy (non-hydrogen) atoms. The minimum atomic E-state index is -0.282. The van der Waals surface area contributed by atoms with Crippen LogP contribution in [0.25, 0.3) is 0 Å². The van der Waals surface area contributed by atoms with Crippen molar-refractivity contribution in [1.29, 1.82) is 0 Å². The molecule has 2 saturated carbocycles. The van der Waals surface area contributed by atoms with E-state index in [1.807, 2.05) is 6.07 Å². The van der Waals surface area contributed by atoms with Crippen LogP contribution in [0, 0.1) is 17.7 Å². The minimum absolute atomic E-state index is 0.229. The van der Waals surface area contributed by atoms with Crippen molar-refractivity contribution in [3.8, 4) is 5.75 Å². The Labute approximate surface area is 101 Å². The summed E-state index contributed by atoms with van der Waals surface area (Å²) in [6.07, 6.45) is 5.18. The minimum Gasteiger partial charge on any atom is -0.487 e. The Hall–Kier alpha value is -1.09. The second-order valence-electron chi connectivity index (χ2n) is 5.30. The predicted octanol–water partition coefficient (Wildman–Crippen LogP) is 2.85. The van der Waals surface area contributed by atoms with E-state index in [2.05, 4.69) is 0 Å². The molecule has 0 aromatic heterocycles. The van der Waals surface area contributed by atoms with Gasteiger partial charge in [0, 0.05) is 6.54 Å². The van der Waals surface area contributed by atoms with Gasteiger partial charge in [0.15, 0.2) is 11.6 Å². The Balaban J connectivity index is 1.73. The molecule has 3 atom stereocenters. The van der Waals surface area contributed by atoms with E-state index in [0.717, 1.165) is 17.9 Å². The second kappa shape index (κ2) is 4.30. The molecule has 3 rings (SSSR count). The summed E-state index contributed by atoms with van der Waals surface area (Å²) < 4.78 is 19.6. The fraction of sp³-hybridized carbons (Fsp3) is 0.571. The normalized spacial score (nSPS) is 30.8. The van der Waals surface area contributed by atoms with E-state index >= 15 is 0 Å². The first kappa shape index (κ1) is 11.0. The Morgan fingerprint density at radius 3 is 2.76 bits per heavy atom. The monoisotopic (exact) mass is 235 g/mol. The molecule has 1 aromatic carbocycles. The van der Waals surface area contributed by atoms with Crippen LogP contribution in [0.4, 0.5) is 4.39 Å². The maximum Gasteiger partial charge on any atom is 0.165 e. The van der Waals surface area contributed by atoms with E-state index in [0.29, 0.717) is 18.2 Å². The van der Waals surface area contributed by atoms with Crippen molar-refractivity contribution in [3.63, 3.8) is 0 Å². The van der Waals surface area contributed by atoms with Crippen LogP contribution >= 0.6 is 0 Å². The quantitative estimate of drug-likeness (QED) is 0.874. The summed E-state index contributed by atoms with van der Waals surface area (Å²) in [7, 11) is 0. The number of rotatable bonds is 3. The topological polar surface area (TPSA) is 35.2 Å². The van der Waals surface area contributed by atoms with Crippen LogP contribution in [-0.2, 0) is 6.54 Å². The molecule has 92 valence electrons. The SMILES string of the molecule is NCc1ccc(OC2CC3CCC2C3)c(F)c1. The lowest BCUT2D eigenvalue weighted by Gasteiger charge is -2.23. The first-order chi connectivity index (χ1) is 8.26. The molecule has 0 spiro atoms. The molecule has 0 aliphatic heterocycles. The van der Waals surface area contributed by atoms with Crippen LogP contribution in [0.2, 0.25) is 0 Å². The summed E-state index contributed by atoms with van der Waals surface area (Å²) in [5.41, 5.74) is 6.28. The Bertz CT molecular complexity index is 421. The number of ether oxygens (including phenoxy) is 1. The van der Waals surface area contributed by atoms with Gasteiger partial charge >= 0.3 is 0 Å². The molecule has 2 N–H and O–H groups in total. The summed E-state index contributed by atoms with van der Waals surface area (Å²) >= 11 is 0. The van der Waals surface area contributed by atoms with Crippen LogP contribution in [-0.4, -0.2) is 6.10 Å². The molecule has 2 bridgehead atoms. The predicted molar refractivity (Wildman–Crippen MR) is 64.2 cm³/mol. The third-order valence-electron chi connectivity index (χ3n) is 4.18. The van der Waals surface area contributed by atoms with Gasteiger partial charge in [0.1, 0.15) is 6.10 Å². The maximum absolute atomic E-state index is 13.8. The molecular weight excluding hydrogens is 217 g/mol. The molecule has 2 nitrogen and oxygen atoms in total. The molecule has 2 aliphatic carbocycles. The van der Waals surface area contributed by atoms with Gasteiger partial charge in [0.2, 0.25) is 0 Å². The first-order valence-electron chi connectivity index (χ1n) is 6.41. The van der Waals surface area contributed by atoms with Crippen molar-refractivity contribution in [2.45, 2.75) is 38.3 Å². The fourth-order valence-corrected chi connectivity index (χ4v) is 3.26. The van der Waals surface area contributed by atoms with Gasteiger partial charge in [-0.25, -0.2) is 4.39 Å². The lowest BCUT2D eigenvalue weighted by atomic mass is 9.98. The molecule has 3 unspecified atom stereocenters. The van der Waals surface area contributed by atoms with Crippen LogP contribution in [0.3, 0.4) is 0 Å². The van der Waals surface area contributed by atoms with Gasteiger partial charge in [0.05, 0.1) is 0 Å². The van der Waals surface area contributed by atoms with Gasteiger partial charge in [-0.2, -0.15) is 0 Å². The van der Waals surface area contributed by atoms with Crippen LogP contribution in [0.5, 0.6) is 5.75 Å². The molecule has 2 aliphatic rings. The molecule has 0 radical (unpaired) electrons. The molecule has 0 amide bonds. The number of hydrogen-bond acceptors (Lipinski definition) is 2. The third-order valence-corrected chi connectivity index (χ3v) is 4.18. The lowest BCUT2D eigenvalue weighted by Crippen LogP contribution is -2.23. The van der Waals surface area contributed by atoms with Gasteiger partial charge in [-0.15, -0.1) is 0 Å². The highest BCUT2D eigenvalue weighted by Gasteiger charge is 2.41. The lowest BCUT2D eigenvalue weighted by molar-refractivity contribution is 0.132. The number of benzene rings is 1. The first-order valence-corrected chi connectivity index (χ1v) is 6.41. The highest BCUT2D eigenvalue weighted by molar-refractivity contribution is 5.29. The number of halogens is 1. The Morgan fingerprint density at radius 2 is 2.18 bits per heavy atom. The summed E-state index contributed by atoms with van der Waals surface area (Å²) in [5, 5.41) is 0. The van der Waals surface area contributed by atoms with E-state index in [1.165, 1.54) is 25.3 Å². The molecule has 3 heteroatoms. The van der Waals surface area contributed by atoms with Gasteiger partial charge in [-0.3, -0.25) is 0 Å². The zero-order valence-corrected chi connectivity index (χ0v) is 9.86. The van der Waals surface area contributed by atoms with E-state index in [1.54, 1.807) is 6.07 Å². The van der Waals surface area contributed by atoms with Crippen LogP contribution in [0.1, 0.15) is 31.2 Å². The van der Waals surface area contributed by atoms with Gasteiger partial charge < -0.3 is 10.5 Å². The van der Waals surface area contributed by atoms with E-state index in [-0.39, 0.29) is 11.9 Å². The summed E-state index contributed by atoms with van der Waals surface area (Å²) in [5.74, 6) is 1.57. The zero-order valence-electron chi connectivity index (χ0n) is 9.86. The summed E-state index contributed by atoms with van der Waals surface area (Å²) in [6, 6.07) is 5.03. The molecule has 0 saturated heterocycles. The van der Waals surface area contributed by atoms with E-state index in [9.17, 15) is 4.39 Å². The van der Waals surface area contributed by atoms with Crippen LogP contribution in [0.15, 0.2) is 18.2 Å². The largest absolute Gasteiger partial charge is 0.487 e. The molecule has 2 fully saturated rings. The standard InChI is InChI=1S/C14H18FNO/c15-12-6-10(8-16)2-4-13(12)17-14-7-9-1-3-11(14)5-9/h2,4,6,9,11,14H,1,3,5,7-8,16H2. The highest BCUT2D eigenvalue weighted by atomic mass is 19.1. The van der Waals surface area contributed by atoms with Crippen LogP contribution < -0.4 is 10.5 Å². The molecule has 0 heterocycles. The average Bonchev–Trinajstić information content (AvgIpc) is 2.93. The van der Waals surface area contributed by atoms with Crippen molar-refractivity contribution in [2.24, 2.45) is 17.6 Å². The number of nitrogens with two attached hydrogens (primary N) is 1. The highest BCUT2D eigenvalue weighted by Crippen LogP contribution is 2.46. The van der Waals surface area contributed by atoms with E-state index < -0.39 is 0 Å². The van der Waals surface area contributed by atoms with Crippen molar-refractivity contribution in [2.75, 3.05) is 0 Å². The van der Waals surface area contributed by atoms with Crippen molar-refractivity contribution in [3.05, 3.63) is 29.6 Å². The fourth-order valence-electron chi connectivity index (χ4n) is 3.26. The smallest absolute Gasteiger partial charge is 0.165 e. The Morgan fingerprint density at radius 1 is 1.29 bits per heavy atom. The van der Waals surface area contributed by atoms with Gasteiger partial charge in [-0.05, 0) is 55.2 Å². The zero-order chi connectivity index (χ0) is 11.8. The molecule has 1 aromatic rings. The number of fused-ring (bicyclic) bond motifs is 2.